The van der Waals surface area contributed by atoms with Gasteiger partial charge in [-0.05, 0) is 66.6 Å². The topological polar surface area (TPSA) is 86.8 Å². The number of carbonyl (C=O) groups is 2. The Morgan fingerprint density at radius 2 is 1.48 bits per heavy atom. The minimum absolute atomic E-state index is 0.0378. The van der Waals surface area contributed by atoms with Gasteiger partial charge >= 0.3 is 0 Å². The number of carbonyl (C=O) groups excluding carboxylic acids is 2. The van der Waals surface area contributed by atoms with Gasteiger partial charge in [0.1, 0.15) is 12.6 Å². The van der Waals surface area contributed by atoms with Crippen LogP contribution in [0.3, 0.4) is 0 Å². The van der Waals surface area contributed by atoms with E-state index in [2.05, 4.69) is 21.2 Å². The van der Waals surface area contributed by atoms with E-state index < -0.39 is 28.5 Å². The molecule has 0 fully saturated rings. The molecule has 4 aromatic rings. The number of hydrogen-bond donors (Lipinski definition) is 1. The molecule has 0 aliphatic rings. The zero-order valence-electron chi connectivity index (χ0n) is 23.0. The first kappa shape index (κ1) is 31.3. The Morgan fingerprint density at radius 3 is 2.10 bits per heavy atom. The van der Waals surface area contributed by atoms with Crippen molar-refractivity contribution in [3.05, 3.63) is 130 Å². The second-order valence-electron chi connectivity index (χ2n) is 9.55. The van der Waals surface area contributed by atoms with Crippen molar-refractivity contribution in [1.82, 2.24) is 10.2 Å². The second-order valence-corrected chi connectivity index (χ2v) is 12.8. The molecule has 218 valence electrons. The van der Waals surface area contributed by atoms with Crippen molar-refractivity contribution in [3.8, 4) is 0 Å². The minimum Gasteiger partial charge on any atom is -0.355 e. The Kier molecular flexibility index (Phi) is 10.8. The third-order valence-electron chi connectivity index (χ3n) is 6.59. The molecule has 7 nitrogen and oxygen atoms in total. The Bertz CT molecular complexity index is 1600. The summed E-state index contributed by atoms with van der Waals surface area (Å²) in [7, 11) is -4.16. The fourth-order valence-electron chi connectivity index (χ4n) is 4.53. The van der Waals surface area contributed by atoms with Crippen LogP contribution in [-0.2, 0) is 32.6 Å². The van der Waals surface area contributed by atoms with Gasteiger partial charge < -0.3 is 10.2 Å². The molecule has 4 aromatic carbocycles. The molecule has 0 saturated carbocycles. The molecule has 10 heteroatoms. The molecule has 4 rings (SSSR count). The van der Waals surface area contributed by atoms with Crippen LogP contribution < -0.4 is 9.62 Å². The van der Waals surface area contributed by atoms with Gasteiger partial charge in [-0.25, -0.2) is 8.42 Å². The third kappa shape index (κ3) is 8.00. The molecule has 0 radical (unpaired) electrons. The predicted octanol–water partition coefficient (Wildman–Crippen LogP) is 6.07. The van der Waals surface area contributed by atoms with E-state index in [1.165, 1.54) is 17.0 Å². The van der Waals surface area contributed by atoms with E-state index in [1.807, 2.05) is 61.5 Å². The summed E-state index contributed by atoms with van der Waals surface area (Å²) >= 11 is 9.58. The summed E-state index contributed by atoms with van der Waals surface area (Å²) in [6.45, 7) is 1.75. The van der Waals surface area contributed by atoms with Crippen LogP contribution in [-0.4, -0.2) is 44.3 Å². The van der Waals surface area contributed by atoms with E-state index in [1.54, 1.807) is 42.5 Å². The summed E-state index contributed by atoms with van der Waals surface area (Å²) in [5.74, 6) is -0.856. The lowest BCUT2D eigenvalue weighted by molar-refractivity contribution is -0.140. The van der Waals surface area contributed by atoms with Gasteiger partial charge in [-0.1, -0.05) is 88.2 Å². The van der Waals surface area contributed by atoms with Crippen molar-refractivity contribution in [3.63, 3.8) is 0 Å². The number of sulfonamides is 1. The molecule has 2 amide bonds. The molecule has 0 heterocycles. The van der Waals surface area contributed by atoms with E-state index in [-0.39, 0.29) is 29.5 Å². The zero-order valence-corrected chi connectivity index (χ0v) is 26.1. The molecule has 0 bridgehead atoms. The highest BCUT2D eigenvalue weighted by atomic mass is 79.9. The summed E-state index contributed by atoms with van der Waals surface area (Å²) in [5.41, 5.74) is 1.92. The van der Waals surface area contributed by atoms with Gasteiger partial charge in [0, 0.05) is 29.0 Å². The smallest absolute Gasteiger partial charge is 0.264 e. The maximum absolute atomic E-state index is 14.3. The van der Waals surface area contributed by atoms with Crippen molar-refractivity contribution in [2.75, 3.05) is 17.4 Å². The van der Waals surface area contributed by atoms with Gasteiger partial charge in [0.15, 0.2) is 0 Å². The number of amides is 2. The highest BCUT2D eigenvalue weighted by Gasteiger charge is 2.34. The first-order valence-electron chi connectivity index (χ1n) is 13.4. The van der Waals surface area contributed by atoms with Crippen LogP contribution in [0, 0.1) is 0 Å². The van der Waals surface area contributed by atoms with E-state index >= 15 is 0 Å². The Morgan fingerprint density at radius 1 is 0.857 bits per heavy atom. The molecule has 0 saturated heterocycles. The molecular formula is C32H31BrClN3O4S. The van der Waals surface area contributed by atoms with Gasteiger partial charge in [0.25, 0.3) is 10.0 Å². The quantitative estimate of drug-likeness (QED) is 0.199. The van der Waals surface area contributed by atoms with Crippen LogP contribution >= 0.6 is 27.5 Å². The second kappa shape index (κ2) is 14.5. The maximum Gasteiger partial charge on any atom is 0.264 e. The minimum atomic E-state index is -4.16. The molecule has 0 aliphatic heterocycles. The molecule has 0 aromatic heterocycles. The molecule has 1 N–H and O–H groups in total. The number of halogens is 2. The first-order chi connectivity index (χ1) is 20.2. The van der Waals surface area contributed by atoms with Crippen LogP contribution in [0.1, 0.15) is 18.1 Å². The number of rotatable bonds is 12. The van der Waals surface area contributed by atoms with Crippen LogP contribution in [0.4, 0.5) is 5.69 Å². The maximum atomic E-state index is 14.3. The first-order valence-corrected chi connectivity index (χ1v) is 16.0. The lowest BCUT2D eigenvalue weighted by atomic mass is 10.0. The Balaban J connectivity index is 1.78. The molecule has 0 aliphatic carbocycles. The molecule has 42 heavy (non-hydrogen) atoms. The predicted molar refractivity (Wildman–Crippen MR) is 170 cm³/mol. The third-order valence-corrected chi connectivity index (χ3v) is 9.12. The summed E-state index contributed by atoms with van der Waals surface area (Å²) in [6.07, 6.45) is 0.249. The molecule has 1 atom stereocenters. The Labute approximate surface area is 260 Å². The fourth-order valence-corrected chi connectivity index (χ4v) is 6.54. The average Bonchev–Trinajstić information content (AvgIpc) is 2.99. The lowest BCUT2D eigenvalue weighted by Crippen LogP contribution is -2.53. The number of likely N-dealkylation sites (N-methyl/N-ethyl adjacent to an activating group) is 1. The number of anilines is 1. The monoisotopic (exact) mass is 667 g/mol. The summed E-state index contributed by atoms with van der Waals surface area (Å²) in [5, 5.41) is 3.29. The van der Waals surface area contributed by atoms with Crippen LogP contribution in [0.2, 0.25) is 5.02 Å². The van der Waals surface area contributed by atoms with Gasteiger partial charge in [-0.2, -0.15) is 0 Å². The van der Waals surface area contributed by atoms with Gasteiger partial charge in [-0.3, -0.25) is 13.9 Å². The number of hydrogen-bond acceptors (Lipinski definition) is 4. The summed E-state index contributed by atoms with van der Waals surface area (Å²) < 4.78 is 29.7. The van der Waals surface area contributed by atoms with E-state index in [0.717, 1.165) is 19.9 Å². The standard InChI is InChI=1S/C32H31BrClN3O4S/c1-2-35-32(39)30(21-24-10-5-3-6-11-24)36(22-25-12-9-13-26(33)20-25)31(38)23-37(28-18-16-27(34)17-19-28)42(40,41)29-14-7-4-8-15-29/h3-20,30H,2,21-23H2,1H3,(H,35,39). The highest BCUT2D eigenvalue weighted by Crippen LogP contribution is 2.26. The summed E-state index contributed by atoms with van der Waals surface area (Å²) in [6, 6.07) is 30.2. The fraction of sp³-hybridized carbons (Fsp3) is 0.188. The largest absolute Gasteiger partial charge is 0.355 e. The average molecular weight is 669 g/mol. The van der Waals surface area contributed by atoms with Crippen molar-refractivity contribution >= 4 is 55.1 Å². The van der Waals surface area contributed by atoms with Crippen molar-refractivity contribution in [2.45, 2.75) is 30.8 Å². The van der Waals surface area contributed by atoms with Crippen LogP contribution in [0.5, 0.6) is 0 Å². The van der Waals surface area contributed by atoms with Crippen molar-refractivity contribution < 1.29 is 18.0 Å². The van der Waals surface area contributed by atoms with E-state index in [0.29, 0.717) is 11.6 Å². The molecular weight excluding hydrogens is 638 g/mol. The normalized spacial score (nSPS) is 11.9. The Hall–Kier alpha value is -3.66. The van der Waals surface area contributed by atoms with Gasteiger partial charge in [0.2, 0.25) is 11.8 Å². The van der Waals surface area contributed by atoms with Crippen LogP contribution in [0.15, 0.2) is 119 Å². The molecule has 1 unspecified atom stereocenters. The number of nitrogens with one attached hydrogen (secondary N) is 1. The summed E-state index contributed by atoms with van der Waals surface area (Å²) in [4.78, 5) is 29.3. The van der Waals surface area contributed by atoms with Crippen molar-refractivity contribution in [2.24, 2.45) is 0 Å². The van der Waals surface area contributed by atoms with Crippen molar-refractivity contribution in [1.29, 1.82) is 0 Å². The van der Waals surface area contributed by atoms with Crippen LogP contribution in [0.25, 0.3) is 0 Å². The lowest BCUT2D eigenvalue weighted by Gasteiger charge is -2.34. The van der Waals surface area contributed by atoms with Gasteiger partial charge in [-0.15, -0.1) is 0 Å². The van der Waals surface area contributed by atoms with E-state index in [4.69, 9.17) is 11.6 Å². The molecule has 0 spiro atoms. The zero-order chi connectivity index (χ0) is 30.1. The SMILES string of the molecule is CCNC(=O)C(Cc1ccccc1)N(Cc1cccc(Br)c1)C(=O)CN(c1ccc(Cl)cc1)S(=O)(=O)c1ccccc1. The number of benzene rings is 4. The highest BCUT2D eigenvalue weighted by molar-refractivity contribution is 9.10. The van der Waals surface area contributed by atoms with E-state index in [9.17, 15) is 18.0 Å². The van der Waals surface area contributed by atoms with Gasteiger partial charge in [0.05, 0.1) is 10.6 Å². The number of nitrogens with zero attached hydrogens (tertiary/aromatic N) is 2.